The van der Waals surface area contributed by atoms with Crippen LogP contribution >= 0.6 is 0 Å². The third kappa shape index (κ3) is 6.39. The van der Waals surface area contributed by atoms with Gasteiger partial charge in [0.05, 0.1) is 0 Å². The van der Waals surface area contributed by atoms with Crippen LogP contribution in [0.3, 0.4) is 0 Å². The van der Waals surface area contributed by atoms with Crippen LogP contribution in [-0.4, -0.2) is 66.8 Å². The van der Waals surface area contributed by atoms with Crippen molar-refractivity contribution in [3.63, 3.8) is 0 Å². The van der Waals surface area contributed by atoms with Crippen molar-refractivity contribution in [1.29, 1.82) is 0 Å². The van der Waals surface area contributed by atoms with Crippen molar-refractivity contribution in [1.82, 2.24) is 10.2 Å². The molecule has 134 valence electrons. The number of nitrogens with zero attached hydrogens (tertiary/aromatic N) is 3. The molecule has 1 amide bonds. The summed E-state index contributed by atoms with van der Waals surface area (Å²) in [6, 6.07) is 0. The maximum absolute atomic E-state index is 11.7. The third-order valence-corrected chi connectivity index (χ3v) is 3.43. The molecule has 0 saturated carbocycles. The molecule has 24 heavy (non-hydrogen) atoms. The van der Waals surface area contributed by atoms with Crippen molar-refractivity contribution < 1.29 is 19.4 Å². The van der Waals surface area contributed by atoms with Gasteiger partial charge in [0, 0.05) is 32.8 Å². The molecular formula is C16H26N4O4. The topological polar surface area (TPSA) is 104 Å². The van der Waals surface area contributed by atoms with E-state index in [1.165, 1.54) is 13.1 Å². The fraction of sp³-hybridized carbons (Fsp3) is 0.625. The first kappa shape index (κ1) is 19.7. The summed E-state index contributed by atoms with van der Waals surface area (Å²) in [7, 11) is 1.41. The molecule has 1 heterocycles. The fourth-order valence-corrected chi connectivity index (χ4v) is 2.33. The molecule has 0 aliphatic carbocycles. The summed E-state index contributed by atoms with van der Waals surface area (Å²) in [6.07, 6.45) is 1.82. The first-order chi connectivity index (χ1) is 11.2. The number of rotatable bonds is 6. The average molecular weight is 338 g/mol. The Morgan fingerprint density at radius 1 is 1.46 bits per heavy atom. The van der Waals surface area contributed by atoms with Crippen molar-refractivity contribution >= 4 is 24.5 Å². The van der Waals surface area contributed by atoms with Gasteiger partial charge in [-0.3, -0.25) is 4.99 Å². The number of alkyl carbamates (subject to hydrolysis) is 1. The molecule has 1 fully saturated rings. The molecule has 0 spiro atoms. The quantitative estimate of drug-likeness (QED) is 0.715. The highest BCUT2D eigenvalue weighted by atomic mass is 16.6. The van der Waals surface area contributed by atoms with Gasteiger partial charge in [0.15, 0.2) is 0 Å². The Bertz CT molecular complexity index is 549. The molecule has 0 radical (unpaired) electrons. The van der Waals surface area contributed by atoms with Crippen LogP contribution in [0, 0.1) is 5.92 Å². The van der Waals surface area contributed by atoms with Gasteiger partial charge in [-0.05, 0) is 39.8 Å². The first-order valence-electron chi connectivity index (χ1n) is 7.76. The van der Waals surface area contributed by atoms with Gasteiger partial charge < -0.3 is 20.1 Å². The van der Waals surface area contributed by atoms with E-state index in [0.717, 1.165) is 6.42 Å². The summed E-state index contributed by atoms with van der Waals surface area (Å²) >= 11 is 0. The molecule has 2 N–H and O–H groups in total. The molecule has 8 heteroatoms. The smallest absolute Gasteiger partial charge is 0.407 e. The summed E-state index contributed by atoms with van der Waals surface area (Å²) in [5, 5.41) is 11.8. The maximum Gasteiger partial charge on any atom is 0.407 e. The molecule has 1 rings (SSSR count). The average Bonchev–Trinajstić information content (AvgIpc) is 2.93. The number of hydrogen-bond donors (Lipinski definition) is 2. The van der Waals surface area contributed by atoms with Gasteiger partial charge in [-0.2, -0.15) is 0 Å². The van der Waals surface area contributed by atoms with E-state index in [1.54, 1.807) is 0 Å². The Kier molecular flexibility index (Phi) is 6.94. The SMILES string of the molecule is C=N/C(=C\C(=N/C)C(=O)O)N1CC[C@@H](CNC(=O)OC(C)(C)C)C1. The lowest BCUT2D eigenvalue weighted by Crippen LogP contribution is -2.35. The Morgan fingerprint density at radius 2 is 2.12 bits per heavy atom. The molecule has 0 unspecified atom stereocenters. The zero-order chi connectivity index (χ0) is 18.3. The lowest BCUT2D eigenvalue weighted by Gasteiger charge is -2.21. The normalized spacial score (nSPS) is 19.2. The van der Waals surface area contributed by atoms with Crippen LogP contribution in [0.4, 0.5) is 4.79 Å². The van der Waals surface area contributed by atoms with Gasteiger partial charge >= 0.3 is 12.1 Å². The molecule has 1 aliphatic rings. The second-order valence-corrected chi connectivity index (χ2v) is 6.56. The monoisotopic (exact) mass is 338 g/mol. The van der Waals surface area contributed by atoms with Gasteiger partial charge in [-0.15, -0.1) is 0 Å². The number of nitrogens with one attached hydrogen (secondary N) is 1. The van der Waals surface area contributed by atoms with Gasteiger partial charge in [0.2, 0.25) is 0 Å². The number of likely N-dealkylation sites (tertiary alicyclic amines) is 1. The Morgan fingerprint density at radius 3 is 2.62 bits per heavy atom. The van der Waals surface area contributed by atoms with Crippen molar-refractivity contribution in [3.8, 4) is 0 Å². The zero-order valence-electron chi connectivity index (χ0n) is 14.7. The number of amides is 1. The van der Waals surface area contributed by atoms with Gasteiger partial charge in [0.1, 0.15) is 17.1 Å². The predicted molar refractivity (Wildman–Crippen MR) is 92.5 cm³/mol. The van der Waals surface area contributed by atoms with Crippen molar-refractivity contribution in [3.05, 3.63) is 11.9 Å². The second-order valence-electron chi connectivity index (χ2n) is 6.56. The van der Waals surface area contributed by atoms with Crippen LogP contribution in [0.15, 0.2) is 21.9 Å². The summed E-state index contributed by atoms with van der Waals surface area (Å²) in [5.41, 5.74) is -0.603. The van der Waals surface area contributed by atoms with E-state index in [1.807, 2.05) is 25.7 Å². The van der Waals surface area contributed by atoms with E-state index < -0.39 is 17.7 Å². The molecule has 1 atom stereocenters. The minimum absolute atomic E-state index is 0.0762. The number of aliphatic carboxylic acids is 1. The Hall–Kier alpha value is -2.38. The van der Waals surface area contributed by atoms with Crippen molar-refractivity contribution in [2.45, 2.75) is 32.8 Å². The third-order valence-electron chi connectivity index (χ3n) is 3.43. The van der Waals surface area contributed by atoms with Gasteiger partial charge in [-0.25, -0.2) is 14.6 Å². The van der Waals surface area contributed by atoms with Gasteiger partial charge in [0.25, 0.3) is 0 Å². The largest absolute Gasteiger partial charge is 0.477 e. The van der Waals surface area contributed by atoms with Gasteiger partial charge in [-0.1, -0.05) is 0 Å². The van der Waals surface area contributed by atoms with Crippen LogP contribution in [-0.2, 0) is 9.53 Å². The molecule has 1 aliphatic heterocycles. The minimum Gasteiger partial charge on any atom is -0.477 e. The Labute approximate surface area is 142 Å². The zero-order valence-corrected chi connectivity index (χ0v) is 14.7. The number of ether oxygens (including phenoxy) is 1. The van der Waals surface area contributed by atoms with Crippen molar-refractivity contribution in [2.75, 3.05) is 26.7 Å². The van der Waals surface area contributed by atoms with Crippen molar-refractivity contribution in [2.24, 2.45) is 15.9 Å². The fourth-order valence-electron chi connectivity index (χ4n) is 2.33. The molecular weight excluding hydrogens is 312 g/mol. The minimum atomic E-state index is -1.11. The number of aliphatic imine (C=N–C) groups is 2. The first-order valence-corrected chi connectivity index (χ1v) is 7.76. The highest BCUT2D eigenvalue weighted by Crippen LogP contribution is 2.21. The molecule has 0 aromatic heterocycles. The second kappa shape index (κ2) is 8.47. The highest BCUT2D eigenvalue weighted by Gasteiger charge is 2.25. The van der Waals surface area contributed by atoms with Crippen LogP contribution in [0.5, 0.6) is 0 Å². The lowest BCUT2D eigenvalue weighted by molar-refractivity contribution is -0.129. The van der Waals surface area contributed by atoms with E-state index in [2.05, 4.69) is 22.0 Å². The number of carboxylic acids is 1. The van der Waals surface area contributed by atoms with Crippen LogP contribution in [0.2, 0.25) is 0 Å². The van der Waals surface area contributed by atoms with Crippen LogP contribution in [0.1, 0.15) is 27.2 Å². The predicted octanol–water partition coefficient (Wildman–Crippen LogP) is 1.53. The Balaban J connectivity index is 2.58. The summed E-state index contributed by atoms with van der Waals surface area (Å²) in [5.74, 6) is -0.409. The number of carboxylic acid groups (broad SMARTS) is 1. The number of hydrogen-bond acceptors (Lipinski definition) is 6. The molecule has 8 nitrogen and oxygen atoms in total. The lowest BCUT2D eigenvalue weighted by atomic mass is 10.1. The summed E-state index contributed by atoms with van der Waals surface area (Å²) < 4.78 is 5.20. The molecule has 0 aromatic carbocycles. The standard InChI is InChI=1S/C16H26N4O4/c1-16(2,3)24-15(23)19-9-11-6-7-20(10-11)13(18-5)8-12(17-4)14(21)22/h8,11H,5-7,9-10H2,1-4H3,(H,19,23)(H,21,22)/b13-8+,17-12+/t11-/m0/s1. The van der Waals surface area contributed by atoms with E-state index in [0.29, 0.717) is 25.5 Å². The highest BCUT2D eigenvalue weighted by molar-refractivity contribution is 6.40. The van der Waals surface area contributed by atoms with E-state index in [-0.39, 0.29) is 11.6 Å². The number of carbonyl (C=O) groups excluding carboxylic acids is 1. The maximum atomic E-state index is 11.7. The van der Waals surface area contributed by atoms with E-state index in [9.17, 15) is 9.59 Å². The van der Waals surface area contributed by atoms with Crippen LogP contribution in [0.25, 0.3) is 0 Å². The van der Waals surface area contributed by atoms with Crippen LogP contribution < -0.4 is 5.32 Å². The summed E-state index contributed by atoms with van der Waals surface area (Å²) in [4.78, 5) is 32.3. The van der Waals surface area contributed by atoms with E-state index >= 15 is 0 Å². The molecule has 0 bridgehead atoms. The number of carbonyl (C=O) groups is 2. The summed E-state index contributed by atoms with van der Waals surface area (Å²) in [6.45, 7) is 10.8. The van der Waals surface area contributed by atoms with E-state index in [4.69, 9.17) is 9.84 Å². The molecule has 0 aromatic rings. The molecule has 1 saturated heterocycles.